The van der Waals surface area contributed by atoms with E-state index in [1.54, 1.807) is 19.2 Å². The third-order valence-electron chi connectivity index (χ3n) is 3.28. The molecule has 0 saturated carbocycles. The largest absolute Gasteiger partial charge is 0.495 e. The summed E-state index contributed by atoms with van der Waals surface area (Å²) >= 11 is 12.2. The summed E-state index contributed by atoms with van der Waals surface area (Å²) in [5.41, 5.74) is 2.57. The fraction of sp³-hybridized carbons (Fsp3) is 0.250. The minimum atomic E-state index is -0.351. The molecule has 21 heavy (non-hydrogen) atoms. The second-order valence-electron chi connectivity index (χ2n) is 4.83. The van der Waals surface area contributed by atoms with Crippen LogP contribution < -0.4 is 10.1 Å². The van der Waals surface area contributed by atoms with Crippen molar-refractivity contribution in [3.05, 3.63) is 57.3 Å². The second-order valence-corrected chi connectivity index (χ2v) is 5.65. The van der Waals surface area contributed by atoms with Gasteiger partial charge in [-0.1, -0.05) is 29.3 Å². The van der Waals surface area contributed by atoms with Crippen LogP contribution in [0.5, 0.6) is 5.75 Å². The maximum atomic E-state index is 13.1. The Balaban J connectivity index is 2.31. The van der Waals surface area contributed by atoms with Crippen molar-refractivity contribution in [3.63, 3.8) is 0 Å². The van der Waals surface area contributed by atoms with Crippen LogP contribution in [0.25, 0.3) is 0 Å². The van der Waals surface area contributed by atoms with Crippen molar-refractivity contribution < 1.29 is 9.13 Å². The van der Waals surface area contributed by atoms with Crippen molar-refractivity contribution >= 4 is 28.9 Å². The number of hydrogen-bond donors (Lipinski definition) is 1. The molecule has 1 atom stereocenters. The van der Waals surface area contributed by atoms with Gasteiger partial charge in [0, 0.05) is 16.1 Å². The molecule has 2 rings (SSSR count). The van der Waals surface area contributed by atoms with E-state index in [9.17, 15) is 4.39 Å². The zero-order valence-electron chi connectivity index (χ0n) is 12.0. The van der Waals surface area contributed by atoms with E-state index >= 15 is 0 Å². The molecule has 1 unspecified atom stereocenters. The summed E-state index contributed by atoms with van der Waals surface area (Å²) in [5, 5.41) is 4.35. The van der Waals surface area contributed by atoms with E-state index in [4.69, 9.17) is 27.9 Å². The smallest absolute Gasteiger partial charge is 0.143 e. The SMILES string of the molecule is COc1cc(Cl)c(C)cc1NC(C)c1ccc(F)cc1Cl. The highest BCUT2D eigenvalue weighted by atomic mass is 35.5. The third kappa shape index (κ3) is 3.60. The van der Waals surface area contributed by atoms with Gasteiger partial charge in [0.15, 0.2) is 0 Å². The Morgan fingerprint density at radius 3 is 2.48 bits per heavy atom. The maximum Gasteiger partial charge on any atom is 0.143 e. The normalized spacial score (nSPS) is 12.1. The van der Waals surface area contributed by atoms with Gasteiger partial charge in [-0.05, 0) is 43.2 Å². The van der Waals surface area contributed by atoms with Crippen molar-refractivity contribution in [1.29, 1.82) is 0 Å². The number of halogens is 3. The molecule has 112 valence electrons. The Morgan fingerprint density at radius 2 is 1.86 bits per heavy atom. The van der Waals surface area contributed by atoms with Gasteiger partial charge in [0.05, 0.1) is 18.8 Å². The van der Waals surface area contributed by atoms with Crippen LogP contribution in [-0.4, -0.2) is 7.11 Å². The molecule has 0 aliphatic heterocycles. The van der Waals surface area contributed by atoms with Crippen molar-refractivity contribution in [3.8, 4) is 5.75 Å². The number of ether oxygens (including phenoxy) is 1. The number of anilines is 1. The van der Waals surface area contributed by atoms with Crippen LogP contribution in [0.1, 0.15) is 24.1 Å². The molecule has 0 fully saturated rings. The molecule has 0 amide bonds. The Morgan fingerprint density at radius 1 is 1.14 bits per heavy atom. The maximum absolute atomic E-state index is 13.1. The highest BCUT2D eigenvalue weighted by molar-refractivity contribution is 6.31. The van der Waals surface area contributed by atoms with Gasteiger partial charge in [0.25, 0.3) is 0 Å². The molecule has 2 aromatic carbocycles. The second kappa shape index (κ2) is 6.54. The summed E-state index contributed by atoms with van der Waals surface area (Å²) in [4.78, 5) is 0. The first-order valence-electron chi connectivity index (χ1n) is 6.48. The Hall–Kier alpha value is -1.45. The summed E-state index contributed by atoms with van der Waals surface area (Å²) in [6, 6.07) is 7.94. The van der Waals surface area contributed by atoms with Gasteiger partial charge < -0.3 is 10.1 Å². The monoisotopic (exact) mass is 327 g/mol. The molecule has 0 aliphatic carbocycles. The summed E-state index contributed by atoms with van der Waals surface area (Å²) in [5.74, 6) is 0.298. The van der Waals surface area contributed by atoms with Crippen LogP contribution in [0.3, 0.4) is 0 Å². The summed E-state index contributed by atoms with van der Waals surface area (Å²) in [7, 11) is 1.59. The molecule has 0 saturated heterocycles. The lowest BCUT2D eigenvalue weighted by molar-refractivity contribution is 0.416. The molecular formula is C16H16Cl2FNO. The first-order valence-corrected chi connectivity index (χ1v) is 7.23. The van der Waals surface area contributed by atoms with Crippen molar-refractivity contribution in [1.82, 2.24) is 0 Å². The van der Waals surface area contributed by atoms with Gasteiger partial charge in [-0.25, -0.2) is 4.39 Å². The Kier molecular flexibility index (Phi) is 4.96. The summed E-state index contributed by atoms with van der Waals surface area (Å²) < 4.78 is 18.4. The topological polar surface area (TPSA) is 21.3 Å². The zero-order chi connectivity index (χ0) is 15.6. The standard InChI is InChI=1S/C16H16Cl2FNO/c1-9-6-15(16(21-3)8-13(9)17)20-10(2)12-5-4-11(19)7-14(12)18/h4-8,10,20H,1-3H3. The minimum absolute atomic E-state index is 0.104. The van der Waals surface area contributed by atoms with E-state index in [1.165, 1.54) is 12.1 Å². The quantitative estimate of drug-likeness (QED) is 0.786. The Labute approximate surface area is 133 Å². The van der Waals surface area contributed by atoms with Crippen LogP contribution >= 0.6 is 23.2 Å². The fourth-order valence-electron chi connectivity index (χ4n) is 2.11. The minimum Gasteiger partial charge on any atom is -0.495 e. The lowest BCUT2D eigenvalue weighted by atomic mass is 10.1. The van der Waals surface area contributed by atoms with E-state index in [-0.39, 0.29) is 11.9 Å². The first kappa shape index (κ1) is 15.9. The van der Waals surface area contributed by atoms with E-state index < -0.39 is 0 Å². The zero-order valence-corrected chi connectivity index (χ0v) is 13.5. The summed E-state index contributed by atoms with van der Waals surface area (Å²) in [6.07, 6.45) is 0. The molecule has 2 aromatic rings. The van der Waals surface area contributed by atoms with Crippen molar-refractivity contribution in [2.45, 2.75) is 19.9 Å². The fourth-order valence-corrected chi connectivity index (χ4v) is 2.59. The van der Waals surface area contributed by atoms with Gasteiger partial charge in [-0.3, -0.25) is 0 Å². The molecule has 5 heteroatoms. The number of aryl methyl sites for hydroxylation is 1. The molecule has 0 spiro atoms. The van der Waals surface area contributed by atoms with Gasteiger partial charge >= 0.3 is 0 Å². The molecule has 0 aromatic heterocycles. The van der Waals surface area contributed by atoms with Gasteiger partial charge in [-0.15, -0.1) is 0 Å². The van der Waals surface area contributed by atoms with Gasteiger partial charge in [0.1, 0.15) is 11.6 Å². The van der Waals surface area contributed by atoms with E-state index in [2.05, 4.69) is 5.32 Å². The molecular weight excluding hydrogens is 312 g/mol. The van der Waals surface area contributed by atoms with Crippen molar-refractivity contribution in [2.75, 3.05) is 12.4 Å². The third-order valence-corrected chi connectivity index (χ3v) is 4.02. The number of hydrogen-bond acceptors (Lipinski definition) is 2. The van der Waals surface area contributed by atoms with Crippen LogP contribution in [0.2, 0.25) is 10.0 Å². The molecule has 0 bridgehead atoms. The summed E-state index contributed by atoms with van der Waals surface area (Å²) in [6.45, 7) is 3.87. The van der Waals surface area contributed by atoms with Gasteiger partial charge in [-0.2, -0.15) is 0 Å². The Bertz CT molecular complexity index is 661. The van der Waals surface area contributed by atoms with E-state index in [1.807, 2.05) is 19.9 Å². The molecule has 1 N–H and O–H groups in total. The number of methoxy groups -OCH3 is 1. The highest BCUT2D eigenvalue weighted by Crippen LogP contribution is 2.34. The van der Waals surface area contributed by atoms with Crippen molar-refractivity contribution in [2.24, 2.45) is 0 Å². The van der Waals surface area contributed by atoms with Gasteiger partial charge in [0.2, 0.25) is 0 Å². The number of benzene rings is 2. The predicted octanol–water partition coefficient (Wildman–Crippen LogP) is 5.62. The molecule has 0 heterocycles. The average Bonchev–Trinajstić information content (AvgIpc) is 2.42. The van der Waals surface area contributed by atoms with E-state index in [0.717, 1.165) is 16.8 Å². The predicted molar refractivity (Wildman–Crippen MR) is 86.2 cm³/mol. The highest BCUT2D eigenvalue weighted by Gasteiger charge is 2.14. The molecule has 0 radical (unpaired) electrons. The van der Waals surface area contributed by atoms with Crippen LogP contribution in [0, 0.1) is 12.7 Å². The molecule has 0 aliphatic rings. The molecule has 2 nitrogen and oxygen atoms in total. The van der Waals surface area contributed by atoms with E-state index in [0.29, 0.717) is 15.8 Å². The lowest BCUT2D eigenvalue weighted by Crippen LogP contribution is -2.08. The average molecular weight is 328 g/mol. The first-order chi connectivity index (χ1) is 9.92. The van der Waals surface area contributed by atoms with Crippen LogP contribution in [0.15, 0.2) is 30.3 Å². The lowest BCUT2D eigenvalue weighted by Gasteiger charge is -2.20. The van der Waals surface area contributed by atoms with Crippen LogP contribution in [-0.2, 0) is 0 Å². The van der Waals surface area contributed by atoms with Crippen LogP contribution in [0.4, 0.5) is 10.1 Å². The number of nitrogens with one attached hydrogen (secondary N) is 1. The number of rotatable bonds is 4.